The molecule has 0 saturated carbocycles. The SMILES string of the molecule is O=C(c1cscn1)N1C[C@H](Oc2ccccn2)[C@@H]2OCCC[C@@H]21. The average molecular weight is 331 g/mol. The van der Waals surface area contributed by atoms with Crippen LogP contribution in [-0.4, -0.2) is 52.2 Å². The third kappa shape index (κ3) is 2.82. The van der Waals surface area contributed by atoms with Gasteiger partial charge in [-0.15, -0.1) is 11.3 Å². The fourth-order valence-electron chi connectivity index (χ4n) is 3.28. The molecule has 2 aliphatic heterocycles. The molecule has 0 aliphatic carbocycles. The number of carbonyl (C=O) groups excluding carboxylic acids is 1. The maximum absolute atomic E-state index is 12.7. The Bertz CT molecular complexity index is 664. The molecule has 120 valence electrons. The lowest BCUT2D eigenvalue weighted by Crippen LogP contribution is -2.44. The van der Waals surface area contributed by atoms with Gasteiger partial charge in [0.1, 0.15) is 17.9 Å². The predicted molar refractivity (Wildman–Crippen MR) is 84.6 cm³/mol. The molecule has 4 rings (SSSR count). The third-order valence-electron chi connectivity index (χ3n) is 4.30. The molecular weight excluding hydrogens is 314 g/mol. The molecule has 2 aromatic rings. The average Bonchev–Trinajstić information content (AvgIpc) is 3.24. The van der Waals surface area contributed by atoms with E-state index in [0.29, 0.717) is 24.7 Å². The molecule has 0 aromatic carbocycles. The van der Waals surface area contributed by atoms with Crippen molar-refractivity contribution in [3.05, 3.63) is 41.0 Å². The number of ether oxygens (including phenoxy) is 2. The van der Waals surface area contributed by atoms with Crippen molar-refractivity contribution < 1.29 is 14.3 Å². The molecule has 4 heterocycles. The fourth-order valence-corrected chi connectivity index (χ4v) is 3.81. The summed E-state index contributed by atoms with van der Waals surface area (Å²) in [6, 6.07) is 5.60. The van der Waals surface area contributed by atoms with Crippen LogP contribution >= 0.6 is 11.3 Å². The minimum absolute atomic E-state index is 0.0427. The van der Waals surface area contributed by atoms with Crippen molar-refractivity contribution in [2.24, 2.45) is 0 Å². The minimum Gasteiger partial charge on any atom is -0.470 e. The van der Waals surface area contributed by atoms with Gasteiger partial charge in [0.25, 0.3) is 5.91 Å². The lowest BCUT2D eigenvalue weighted by molar-refractivity contribution is -0.0455. The molecule has 1 amide bonds. The van der Waals surface area contributed by atoms with Gasteiger partial charge in [0, 0.05) is 24.3 Å². The Balaban J connectivity index is 1.56. The van der Waals surface area contributed by atoms with Gasteiger partial charge in [-0.05, 0) is 18.9 Å². The van der Waals surface area contributed by atoms with E-state index in [0.717, 1.165) is 12.8 Å². The Morgan fingerprint density at radius 1 is 1.39 bits per heavy atom. The van der Waals surface area contributed by atoms with Gasteiger partial charge >= 0.3 is 0 Å². The van der Waals surface area contributed by atoms with Gasteiger partial charge < -0.3 is 14.4 Å². The molecule has 0 spiro atoms. The molecule has 2 saturated heterocycles. The maximum atomic E-state index is 12.7. The molecular formula is C16H17N3O3S. The van der Waals surface area contributed by atoms with Crippen molar-refractivity contribution >= 4 is 17.2 Å². The van der Waals surface area contributed by atoms with Crippen LogP contribution in [0.25, 0.3) is 0 Å². The van der Waals surface area contributed by atoms with Gasteiger partial charge in [0.2, 0.25) is 5.88 Å². The molecule has 7 heteroatoms. The van der Waals surface area contributed by atoms with E-state index >= 15 is 0 Å². The number of hydrogen-bond acceptors (Lipinski definition) is 6. The van der Waals surface area contributed by atoms with Crippen molar-refractivity contribution in [3.63, 3.8) is 0 Å². The van der Waals surface area contributed by atoms with Crippen LogP contribution in [0.3, 0.4) is 0 Å². The monoisotopic (exact) mass is 331 g/mol. The second kappa shape index (κ2) is 6.25. The minimum atomic E-state index is -0.196. The van der Waals surface area contributed by atoms with Crippen LogP contribution < -0.4 is 4.74 Å². The van der Waals surface area contributed by atoms with Gasteiger partial charge in [-0.3, -0.25) is 4.79 Å². The number of fused-ring (bicyclic) bond motifs is 1. The highest BCUT2D eigenvalue weighted by Crippen LogP contribution is 2.32. The third-order valence-corrected chi connectivity index (χ3v) is 4.89. The number of hydrogen-bond donors (Lipinski definition) is 0. The molecule has 0 N–H and O–H groups in total. The molecule has 23 heavy (non-hydrogen) atoms. The van der Waals surface area contributed by atoms with E-state index < -0.39 is 0 Å². The van der Waals surface area contributed by atoms with Crippen molar-refractivity contribution in [2.75, 3.05) is 13.2 Å². The summed E-state index contributed by atoms with van der Waals surface area (Å²) in [4.78, 5) is 22.9. The Morgan fingerprint density at radius 2 is 2.35 bits per heavy atom. The van der Waals surface area contributed by atoms with Gasteiger partial charge in [-0.1, -0.05) is 6.07 Å². The van der Waals surface area contributed by atoms with E-state index in [1.54, 1.807) is 17.1 Å². The van der Waals surface area contributed by atoms with E-state index in [9.17, 15) is 4.79 Å². The maximum Gasteiger partial charge on any atom is 0.273 e. The molecule has 0 unspecified atom stereocenters. The zero-order valence-electron chi connectivity index (χ0n) is 12.5. The largest absolute Gasteiger partial charge is 0.470 e. The zero-order valence-corrected chi connectivity index (χ0v) is 13.3. The van der Waals surface area contributed by atoms with Crippen LogP contribution in [0.1, 0.15) is 23.3 Å². The van der Waals surface area contributed by atoms with Gasteiger partial charge in [-0.2, -0.15) is 0 Å². The summed E-state index contributed by atoms with van der Waals surface area (Å²) in [5.74, 6) is 0.521. The van der Waals surface area contributed by atoms with Gasteiger partial charge in [0.05, 0.1) is 18.1 Å². The first-order chi connectivity index (χ1) is 11.3. The van der Waals surface area contributed by atoms with E-state index in [1.807, 2.05) is 23.1 Å². The summed E-state index contributed by atoms with van der Waals surface area (Å²) in [5.41, 5.74) is 2.18. The highest BCUT2D eigenvalue weighted by atomic mass is 32.1. The van der Waals surface area contributed by atoms with Crippen molar-refractivity contribution in [1.29, 1.82) is 0 Å². The molecule has 3 atom stereocenters. The molecule has 2 aromatic heterocycles. The topological polar surface area (TPSA) is 64.6 Å². The summed E-state index contributed by atoms with van der Waals surface area (Å²) in [5, 5.41) is 1.79. The lowest BCUT2D eigenvalue weighted by Gasteiger charge is -2.31. The summed E-state index contributed by atoms with van der Waals surface area (Å²) in [6.07, 6.45) is 3.29. The number of likely N-dealkylation sites (tertiary alicyclic amines) is 1. The molecule has 2 fully saturated rings. The Labute approximate surface area is 138 Å². The number of nitrogens with zero attached hydrogens (tertiary/aromatic N) is 3. The normalized spacial score (nSPS) is 26.8. The van der Waals surface area contributed by atoms with Crippen LogP contribution in [0.15, 0.2) is 35.3 Å². The second-order valence-electron chi connectivity index (χ2n) is 5.70. The fraction of sp³-hybridized carbons (Fsp3) is 0.438. The smallest absolute Gasteiger partial charge is 0.273 e. The summed E-state index contributed by atoms with van der Waals surface area (Å²) >= 11 is 1.43. The van der Waals surface area contributed by atoms with E-state index in [4.69, 9.17) is 9.47 Å². The quantitative estimate of drug-likeness (QED) is 0.860. The first-order valence-corrected chi connectivity index (χ1v) is 8.65. The predicted octanol–water partition coefficient (Wildman–Crippen LogP) is 1.99. The molecule has 2 aliphatic rings. The number of thiazole rings is 1. The number of carbonyl (C=O) groups is 1. The zero-order chi connectivity index (χ0) is 15.6. The summed E-state index contributed by atoms with van der Waals surface area (Å²) < 4.78 is 11.9. The van der Waals surface area contributed by atoms with Crippen molar-refractivity contribution in [1.82, 2.24) is 14.9 Å². The summed E-state index contributed by atoms with van der Waals surface area (Å²) in [7, 11) is 0. The highest BCUT2D eigenvalue weighted by molar-refractivity contribution is 7.07. The van der Waals surface area contributed by atoms with E-state index in [1.165, 1.54) is 11.3 Å². The number of amides is 1. The Morgan fingerprint density at radius 3 is 3.13 bits per heavy atom. The molecule has 6 nitrogen and oxygen atoms in total. The van der Waals surface area contributed by atoms with Crippen LogP contribution in [0, 0.1) is 0 Å². The van der Waals surface area contributed by atoms with E-state index in [2.05, 4.69) is 9.97 Å². The Kier molecular flexibility index (Phi) is 3.97. The first kappa shape index (κ1) is 14.6. The van der Waals surface area contributed by atoms with Crippen LogP contribution in [0.5, 0.6) is 5.88 Å². The van der Waals surface area contributed by atoms with Crippen LogP contribution in [0.4, 0.5) is 0 Å². The Hall–Kier alpha value is -1.99. The standard InChI is InChI=1S/C16H17N3O3S/c20-16(11-9-23-10-18-11)19-8-13(15-12(19)4-3-7-21-15)22-14-5-1-2-6-17-14/h1-2,5-6,9-10,12-13,15H,3-4,7-8H2/t12-,13-,15+/m0/s1. The first-order valence-electron chi connectivity index (χ1n) is 7.71. The van der Waals surface area contributed by atoms with Crippen LogP contribution in [0.2, 0.25) is 0 Å². The van der Waals surface area contributed by atoms with E-state index in [-0.39, 0.29) is 24.2 Å². The molecule has 0 radical (unpaired) electrons. The number of aromatic nitrogens is 2. The second-order valence-corrected chi connectivity index (χ2v) is 6.42. The summed E-state index contributed by atoms with van der Waals surface area (Å²) in [6.45, 7) is 1.21. The van der Waals surface area contributed by atoms with Crippen LogP contribution in [-0.2, 0) is 4.74 Å². The molecule has 0 bridgehead atoms. The highest BCUT2D eigenvalue weighted by Gasteiger charge is 2.48. The number of pyridine rings is 1. The van der Waals surface area contributed by atoms with Crippen molar-refractivity contribution in [2.45, 2.75) is 31.1 Å². The van der Waals surface area contributed by atoms with Gasteiger partial charge in [0.15, 0.2) is 0 Å². The van der Waals surface area contributed by atoms with Gasteiger partial charge in [-0.25, -0.2) is 9.97 Å². The number of rotatable bonds is 3. The van der Waals surface area contributed by atoms with Crippen molar-refractivity contribution in [3.8, 4) is 5.88 Å². The lowest BCUT2D eigenvalue weighted by atomic mass is 10.0.